The van der Waals surface area contributed by atoms with Crippen molar-refractivity contribution in [3.8, 4) is 0 Å². The molecule has 21 heavy (non-hydrogen) atoms. The molecule has 0 bridgehead atoms. The highest BCUT2D eigenvalue weighted by molar-refractivity contribution is 5.79. The Labute approximate surface area is 126 Å². The second-order valence-corrected chi connectivity index (χ2v) is 4.98. The van der Waals surface area contributed by atoms with Crippen LogP contribution in [0, 0.1) is 12.8 Å². The minimum absolute atomic E-state index is 0.0819. The summed E-state index contributed by atoms with van der Waals surface area (Å²) in [4.78, 5) is 23.5. The molecule has 0 heterocycles. The molecule has 0 saturated carbocycles. The van der Waals surface area contributed by atoms with Crippen molar-refractivity contribution in [1.29, 1.82) is 0 Å². The third-order valence-electron chi connectivity index (χ3n) is 3.24. The maximum atomic E-state index is 11.9. The summed E-state index contributed by atoms with van der Waals surface area (Å²) in [5.74, 6) is -1.11. The van der Waals surface area contributed by atoms with Crippen LogP contribution in [0.25, 0.3) is 0 Å². The zero-order valence-electron chi connectivity index (χ0n) is 13.1. The number of aryl methyl sites for hydroxylation is 2. The average molecular weight is 292 g/mol. The largest absolute Gasteiger partial charge is 0.466 e. The lowest BCUT2D eigenvalue weighted by Crippen LogP contribution is -2.23. The van der Waals surface area contributed by atoms with Gasteiger partial charge in [-0.15, -0.1) is 0 Å². The molecule has 0 N–H and O–H groups in total. The Morgan fingerprint density at radius 3 is 2.24 bits per heavy atom. The molecule has 0 aliphatic rings. The van der Waals surface area contributed by atoms with Gasteiger partial charge < -0.3 is 9.47 Å². The molecule has 0 aromatic heterocycles. The Hall–Kier alpha value is -1.84. The summed E-state index contributed by atoms with van der Waals surface area (Å²) in [5, 5.41) is 0. The van der Waals surface area contributed by atoms with Crippen molar-refractivity contribution in [2.24, 2.45) is 5.92 Å². The molecule has 4 nitrogen and oxygen atoms in total. The van der Waals surface area contributed by atoms with E-state index in [1.54, 1.807) is 13.8 Å². The molecule has 4 heteroatoms. The highest BCUT2D eigenvalue weighted by Crippen LogP contribution is 2.16. The molecular weight excluding hydrogens is 268 g/mol. The lowest BCUT2D eigenvalue weighted by Gasteiger charge is -2.14. The maximum absolute atomic E-state index is 11.9. The van der Waals surface area contributed by atoms with Gasteiger partial charge in [-0.1, -0.05) is 29.8 Å². The van der Waals surface area contributed by atoms with E-state index in [0.29, 0.717) is 19.6 Å². The quantitative estimate of drug-likeness (QED) is 0.691. The molecule has 1 rings (SSSR count). The second-order valence-electron chi connectivity index (χ2n) is 4.98. The average Bonchev–Trinajstić information content (AvgIpc) is 2.45. The molecule has 1 unspecified atom stereocenters. The third-order valence-corrected chi connectivity index (χ3v) is 3.24. The van der Waals surface area contributed by atoms with Crippen molar-refractivity contribution >= 4 is 11.9 Å². The first-order chi connectivity index (χ1) is 10.1. The summed E-state index contributed by atoms with van der Waals surface area (Å²) in [7, 11) is 0. The number of ether oxygens (including phenoxy) is 2. The van der Waals surface area contributed by atoms with Crippen molar-refractivity contribution in [2.75, 3.05) is 13.2 Å². The van der Waals surface area contributed by atoms with Crippen LogP contribution >= 0.6 is 0 Å². The van der Waals surface area contributed by atoms with E-state index in [-0.39, 0.29) is 18.4 Å². The van der Waals surface area contributed by atoms with Gasteiger partial charge in [0.15, 0.2) is 0 Å². The number of esters is 2. The Kier molecular flexibility index (Phi) is 7.51. The van der Waals surface area contributed by atoms with Crippen LogP contribution in [-0.4, -0.2) is 25.2 Å². The standard InChI is InChI=1S/C17H24O4/c1-4-20-16(18)12-15(17(19)21-5-2)11-10-14-8-6-13(3)7-9-14/h6-9,15H,4-5,10-12H2,1-3H3. The molecule has 0 fully saturated rings. The molecule has 1 aromatic rings. The van der Waals surface area contributed by atoms with E-state index in [4.69, 9.17) is 9.47 Å². The van der Waals surface area contributed by atoms with Gasteiger partial charge in [-0.05, 0) is 39.2 Å². The van der Waals surface area contributed by atoms with E-state index in [0.717, 1.165) is 12.0 Å². The fraction of sp³-hybridized carbons (Fsp3) is 0.529. The van der Waals surface area contributed by atoms with Gasteiger partial charge in [-0.25, -0.2) is 0 Å². The van der Waals surface area contributed by atoms with E-state index in [2.05, 4.69) is 0 Å². The Morgan fingerprint density at radius 1 is 1.05 bits per heavy atom. The van der Waals surface area contributed by atoms with Crippen LogP contribution < -0.4 is 0 Å². The van der Waals surface area contributed by atoms with Gasteiger partial charge in [-0.2, -0.15) is 0 Å². The first kappa shape index (κ1) is 17.2. The highest BCUT2D eigenvalue weighted by atomic mass is 16.5. The smallest absolute Gasteiger partial charge is 0.309 e. The molecule has 0 spiro atoms. The van der Waals surface area contributed by atoms with E-state index in [1.807, 2.05) is 31.2 Å². The van der Waals surface area contributed by atoms with Crippen LogP contribution in [0.1, 0.15) is 37.8 Å². The second kappa shape index (κ2) is 9.16. The summed E-state index contributed by atoms with van der Waals surface area (Å²) >= 11 is 0. The Balaban J connectivity index is 2.61. The monoisotopic (exact) mass is 292 g/mol. The van der Waals surface area contributed by atoms with Gasteiger partial charge in [0.1, 0.15) is 0 Å². The van der Waals surface area contributed by atoms with Crippen molar-refractivity contribution in [3.63, 3.8) is 0 Å². The summed E-state index contributed by atoms with van der Waals surface area (Å²) in [6.07, 6.45) is 1.41. The SMILES string of the molecule is CCOC(=O)CC(CCc1ccc(C)cc1)C(=O)OCC. The molecule has 1 atom stereocenters. The van der Waals surface area contributed by atoms with Crippen LogP contribution in [0.15, 0.2) is 24.3 Å². The summed E-state index contributed by atoms with van der Waals surface area (Å²) < 4.78 is 9.97. The summed E-state index contributed by atoms with van der Waals surface area (Å²) in [5.41, 5.74) is 2.35. The minimum Gasteiger partial charge on any atom is -0.466 e. The Morgan fingerprint density at radius 2 is 1.67 bits per heavy atom. The van der Waals surface area contributed by atoms with Gasteiger partial charge >= 0.3 is 11.9 Å². The van der Waals surface area contributed by atoms with Gasteiger partial charge in [-0.3, -0.25) is 9.59 Å². The molecular formula is C17H24O4. The Bertz CT molecular complexity index is 450. The van der Waals surface area contributed by atoms with Crippen molar-refractivity contribution in [2.45, 2.75) is 40.0 Å². The van der Waals surface area contributed by atoms with E-state index in [1.165, 1.54) is 5.56 Å². The number of benzene rings is 1. The lowest BCUT2D eigenvalue weighted by molar-refractivity contribution is -0.155. The molecule has 1 aromatic carbocycles. The molecule has 0 aliphatic heterocycles. The number of rotatable bonds is 8. The predicted molar refractivity (Wildman–Crippen MR) is 80.9 cm³/mol. The predicted octanol–water partition coefficient (Wildman–Crippen LogP) is 3.06. The zero-order valence-corrected chi connectivity index (χ0v) is 13.1. The van der Waals surface area contributed by atoms with Crippen molar-refractivity contribution in [1.82, 2.24) is 0 Å². The summed E-state index contributed by atoms with van der Waals surface area (Å²) in [6.45, 7) is 6.20. The maximum Gasteiger partial charge on any atom is 0.309 e. The minimum atomic E-state index is -0.440. The van der Waals surface area contributed by atoms with E-state index >= 15 is 0 Å². The van der Waals surface area contributed by atoms with Crippen LogP contribution in [0.4, 0.5) is 0 Å². The van der Waals surface area contributed by atoms with Crippen molar-refractivity contribution < 1.29 is 19.1 Å². The van der Waals surface area contributed by atoms with Gasteiger partial charge in [0, 0.05) is 0 Å². The number of hydrogen-bond donors (Lipinski definition) is 0. The van der Waals surface area contributed by atoms with Crippen LogP contribution in [-0.2, 0) is 25.5 Å². The van der Waals surface area contributed by atoms with Crippen molar-refractivity contribution in [3.05, 3.63) is 35.4 Å². The van der Waals surface area contributed by atoms with Gasteiger partial charge in [0.2, 0.25) is 0 Å². The lowest BCUT2D eigenvalue weighted by atomic mass is 9.96. The fourth-order valence-electron chi connectivity index (χ4n) is 2.08. The molecule has 0 saturated heterocycles. The van der Waals surface area contributed by atoms with E-state index < -0.39 is 5.92 Å². The topological polar surface area (TPSA) is 52.6 Å². The fourth-order valence-corrected chi connectivity index (χ4v) is 2.08. The normalized spacial score (nSPS) is 11.8. The molecule has 0 aliphatic carbocycles. The first-order valence-electron chi connectivity index (χ1n) is 7.44. The summed E-state index contributed by atoms with van der Waals surface area (Å²) in [6, 6.07) is 8.17. The highest BCUT2D eigenvalue weighted by Gasteiger charge is 2.23. The third kappa shape index (κ3) is 6.43. The first-order valence-corrected chi connectivity index (χ1v) is 7.44. The van der Waals surface area contributed by atoms with Gasteiger partial charge in [0.05, 0.1) is 25.6 Å². The van der Waals surface area contributed by atoms with Crippen LogP contribution in [0.2, 0.25) is 0 Å². The number of hydrogen-bond acceptors (Lipinski definition) is 4. The van der Waals surface area contributed by atoms with Crippen LogP contribution in [0.3, 0.4) is 0 Å². The van der Waals surface area contributed by atoms with Crippen LogP contribution in [0.5, 0.6) is 0 Å². The molecule has 0 amide bonds. The molecule has 116 valence electrons. The molecule has 0 radical (unpaired) electrons. The van der Waals surface area contributed by atoms with E-state index in [9.17, 15) is 9.59 Å². The van der Waals surface area contributed by atoms with Gasteiger partial charge in [0.25, 0.3) is 0 Å². The zero-order chi connectivity index (χ0) is 15.7. The number of carbonyl (C=O) groups is 2. The number of carbonyl (C=O) groups excluding carboxylic acids is 2.